The van der Waals surface area contributed by atoms with Crippen LogP contribution >= 0.6 is 12.6 Å². The third-order valence-corrected chi connectivity index (χ3v) is 3.20. The van der Waals surface area contributed by atoms with Gasteiger partial charge in [-0.3, -0.25) is 14.3 Å². The first kappa shape index (κ1) is 12.4. The molecule has 2 rings (SSSR count). The zero-order valence-corrected chi connectivity index (χ0v) is 9.58. The Bertz CT molecular complexity index is 513. The molecule has 0 spiro atoms. The minimum Gasteiger partial charge on any atom is -0.394 e. The Morgan fingerprint density at radius 3 is 2.76 bits per heavy atom. The number of rotatable bonds is 2. The highest BCUT2D eigenvalue weighted by molar-refractivity contribution is 7.81. The van der Waals surface area contributed by atoms with Crippen molar-refractivity contribution in [1.29, 1.82) is 0 Å². The highest BCUT2D eigenvalue weighted by atomic mass is 32.1. The van der Waals surface area contributed by atoms with Crippen molar-refractivity contribution >= 4 is 12.6 Å². The van der Waals surface area contributed by atoms with Crippen LogP contribution in [0.15, 0.2) is 21.9 Å². The minimum atomic E-state index is -0.979. The average Bonchev–Trinajstić information content (AvgIpc) is 2.57. The number of nitrogens with zero attached hydrogens (tertiary/aromatic N) is 1. The highest BCUT2D eigenvalue weighted by Gasteiger charge is 2.42. The molecule has 4 atom stereocenters. The zero-order valence-electron chi connectivity index (χ0n) is 8.68. The van der Waals surface area contributed by atoms with E-state index in [-0.39, 0.29) is 6.61 Å². The van der Waals surface area contributed by atoms with Crippen molar-refractivity contribution in [2.24, 2.45) is 0 Å². The minimum absolute atomic E-state index is 0.368. The molecule has 0 bridgehead atoms. The summed E-state index contributed by atoms with van der Waals surface area (Å²) in [7, 11) is 0. The lowest BCUT2D eigenvalue weighted by Gasteiger charge is -2.16. The summed E-state index contributed by atoms with van der Waals surface area (Å²) in [6, 6.07) is 1.17. The summed E-state index contributed by atoms with van der Waals surface area (Å²) in [6.07, 6.45) is -1.33. The van der Waals surface area contributed by atoms with Gasteiger partial charge in [-0.05, 0) is 0 Å². The molecule has 0 radical (unpaired) electrons. The smallest absolute Gasteiger partial charge is 0.330 e. The molecule has 0 aliphatic carbocycles. The van der Waals surface area contributed by atoms with E-state index < -0.39 is 34.9 Å². The molecule has 1 aliphatic rings. The SMILES string of the molecule is O=c1ccn([C@H]2O[C@@H](CO)C(O)C2S)c(=O)[nH]1. The van der Waals surface area contributed by atoms with E-state index in [9.17, 15) is 14.7 Å². The molecule has 7 nitrogen and oxygen atoms in total. The lowest BCUT2D eigenvalue weighted by atomic mass is 10.2. The molecule has 1 saturated heterocycles. The Balaban J connectivity index is 2.35. The lowest BCUT2D eigenvalue weighted by molar-refractivity contribution is -0.0457. The molecule has 1 fully saturated rings. The number of hydrogen-bond donors (Lipinski definition) is 4. The van der Waals surface area contributed by atoms with E-state index >= 15 is 0 Å². The topological polar surface area (TPSA) is 105 Å². The molecule has 0 amide bonds. The molecule has 3 N–H and O–H groups in total. The van der Waals surface area contributed by atoms with E-state index in [0.29, 0.717) is 0 Å². The Morgan fingerprint density at radius 2 is 2.24 bits per heavy atom. The van der Waals surface area contributed by atoms with Crippen molar-refractivity contribution in [3.05, 3.63) is 33.1 Å². The van der Waals surface area contributed by atoms with Crippen molar-refractivity contribution in [3.8, 4) is 0 Å². The van der Waals surface area contributed by atoms with Gasteiger partial charge in [0.15, 0.2) is 6.23 Å². The number of hydrogen-bond acceptors (Lipinski definition) is 6. The first-order valence-electron chi connectivity index (χ1n) is 4.98. The summed E-state index contributed by atoms with van der Waals surface area (Å²) < 4.78 is 6.43. The van der Waals surface area contributed by atoms with E-state index in [4.69, 9.17) is 9.84 Å². The molecular weight excluding hydrogens is 248 g/mol. The van der Waals surface area contributed by atoms with Gasteiger partial charge in [-0.2, -0.15) is 12.6 Å². The van der Waals surface area contributed by atoms with Crippen LogP contribution in [0.3, 0.4) is 0 Å². The first-order valence-corrected chi connectivity index (χ1v) is 5.50. The number of aromatic nitrogens is 2. The van der Waals surface area contributed by atoms with E-state index in [2.05, 4.69) is 17.6 Å². The van der Waals surface area contributed by atoms with Gasteiger partial charge >= 0.3 is 5.69 Å². The van der Waals surface area contributed by atoms with Gasteiger partial charge in [-0.15, -0.1) is 0 Å². The van der Waals surface area contributed by atoms with E-state index in [1.165, 1.54) is 12.3 Å². The second-order valence-corrected chi connectivity index (χ2v) is 4.34. The van der Waals surface area contributed by atoms with Crippen molar-refractivity contribution in [3.63, 3.8) is 0 Å². The van der Waals surface area contributed by atoms with Crippen molar-refractivity contribution in [1.82, 2.24) is 9.55 Å². The summed E-state index contributed by atoms with van der Waals surface area (Å²) >= 11 is 4.14. The van der Waals surface area contributed by atoms with Gasteiger partial charge in [0.25, 0.3) is 5.56 Å². The van der Waals surface area contributed by atoms with Gasteiger partial charge in [-0.25, -0.2) is 4.79 Å². The second-order valence-electron chi connectivity index (χ2n) is 3.75. The summed E-state index contributed by atoms with van der Waals surface area (Å²) in [4.78, 5) is 24.5. The molecule has 1 aromatic heterocycles. The second kappa shape index (κ2) is 4.65. The van der Waals surface area contributed by atoms with Gasteiger partial charge in [-0.1, -0.05) is 0 Å². The number of thiol groups is 1. The standard InChI is InChI=1S/C9H12N2O5S/c12-3-4-6(14)7(17)8(16-4)11-2-1-5(13)10-9(11)15/h1-2,4,6-8,12,14,17H,3H2,(H,10,13,15)/t4-,6?,7?,8-/m0/s1. The van der Waals surface area contributed by atoms with Crippen LogP contribution in [-0.4, -0.2) is 43.8 Å². The fourth-order valence-electron chi connectivity index (χ4n) is 1.74. The van der Waals surface area contributed by atoms with Crippen LogP contribution in [0.5, 0.6) is 0 Å². The van der Waals surface area contributed by atoms with Crippen LogP contribution in [0.1, 0.15) is 6.23 Å². The van der Waals surface area contributed by atoms with Gasteiger partial charge < -0.3 is 14.9 Å². The number of aliphatic hydroxyl groups excluding tert-OH is 2. The molecule has 17 heavy (non-hydrogen) atoms. The number of ether oxygens (including phenoxy) is 1. The van der Waals surface area contributed by atoms with Crippen LogP contribution in [0.4, 0.5) is 0 Å². The monoisotopic (exact) mass is 260 g/mol. The fraction of sp³-hybridized carbons (Fsp3) is 0.556. The Hall–Kier alpha value is -1.09. The summed E-state index contributed by atoms with van der Waals surface area (Å²) in [5, 5.41) is 18.0. The zero-order chi connectivity index (χ0) is 12.6. The Kier molecular flexibility index (Phi) is 3.38. The normalized spacial score (nSPS) is 32.9. The van der Waals surface area contributed by atoms with Crippen LogP contribution in [0.2, 0.25) is 0 Å². The maximum absolute atomic E-state index is 11.5. The molecule has 2 unspecified atom stereocenters. The Labute approximate surface area is 101 Å². The van der Waals surface area contributed by atoms with Crippen LogP contribution in [0.25, 0.3) is 0 Å². The van der Waals surface area contributed by atoms with E-state index in [0.717, 1.165) is 4.57 Å². The third kappa shape index (κ3) is 2.16. The van der Waals surface area contributed by atoms with Gasteiger partial charge in [0.2, 0.25) is 0 Å². The lowest BCUT2D eigenvalue weighted by Crippen LogP contribution is -2.35. The van der Waals surface area contributed by atoms with Gasteiger partial charge in [0.05, 0.1) is 18.0 Å². The highest BCUT2D eigenvalue weighted by Crippen LogP contribution is 2.31. The average molecular weight is 260 g/mol. The molecule has 0 aromatic carbocycles. The predicted molar refractivity (Wildman–Crippen MR) is 61.1 cm³/mol. The molecule has 1 aromatic rings. The summed E-state index contributed by atoms with van der Waals surface area (Å²) in [5.74, 6) is 0. The maximum atomic E-state index is 11.5. The van der Waals surface area contributed by atoms with E-state index in [1.54, 1.807) is 0 Å². The molecular formula is C9H12N2O5S. The Morgan fingerprint density at radius 1 is 1.53 bits per heavy atom. The quantitative estimate of drug-likeness (QED) is 0.464. The van der Waals surface area contributed by atoms with Crippen LogP contribution < -0.4 is 11.2 Å². The summed E-state index contributed by atoms with van der Waals surface area (Å²) in [6.45, 7) is -0.368. The molecule has 2 heterocycles. The maximum Gasteiger partial charge on any atom is 0.330 e. The molecule has 0 saturated carbocycles. The number of H-pyrrole nitrogens is 1. The number of aromatic amines is 1. The predicted octanol–water partition coefficient (Wildman–Crippen LogP) is -1.91. The van der Waals surface area contributed by atoms with E-state index in [1.807, 2.05) is 0 Å². The van der Waals surface area contributed by atoms with Gasteiger partial charge in [0.1, 0.15) is 6.10 Å². The molecule has 8 heteroatoms. The fourth-order valence-corrected chi connectivity index (χ4v) is 2.14. The van der Waals surface area contributed by atoms with Crippen molar-refractivity contribution in [2.75, 3.05) is 6.61 Å². The van der Waals surface area contributed by atoms with Crippen LogP contribution in [0, 0.1) is 0 Å². The first-order chi connectivity index (χ1) is 8.04. The van der Waals surface area contributed by atoms with Crippen LogP contribution in [-0.2, 0) is 4.74 Å². The number of nitrogens with one attached hydrogen (secondary N) is 1. The van der Waals surface area contributed by atoms with Gasteiger partial charge in [0, 0.05) is 12.3 Å². The molecule has 94 valence electrons. The largest absolute Gasteiger partial charge is 0.394 e. The van der Waals surface area contributed by atoms with Crippen molar-refractivity contribution in [2.45, 2.75) is 23.7 Å². The number of aliphatic hydroxyl groups is 2. The summed E-state index contributed by atoms with van der Waals surface area (Å²) in [5.41, 5.74) is -1.16. The molecule has 1 aliphatic heterocycles. The van der Waals surface area contributed by atoms with Crippen molar-refractivity contribution < 1.29 is 14.9 Å². The third-order valence-electron chi connectivity index (χ3n) is 2.64.